The van der Waals surface area contributed by atoms with E-state index in [1.54, 1.807) is 20.3 Å². The smallest absolute Gasteiger partial charge is 0.250 e. The maximum atomic E-state index is 12.1. The number of hydrogen-bond donors (Lipinski definition) is 1. The zero-order chi connectivity index (χ0) is 19.9. The molecule has 0 radical (unpaired) electrons. The number of pyridine rings is 1. The average molecular weight is 395 g/mol. The Morgan fingerprint density at radius 3 is 2.79 bits per heavy atom. The van der Waals surface area contributed by atoms with E-state index in [9.17, 15) is 4.79 Å². The van der Waals surface area contributed by atoms with Crippen LogP contribution in [0.4, 0.5) is 0 Å². The second-order valence-corrected chi connectivity index (χ2v) is 6.95. The molecule has 2 aromatic carbocycles. The molecule has 0 unspecified atom stereocenters. The van der Waals surface area contributed by atoms with Gasteiger partial charge in [0.25, 0.3) is 0 Å². The molecule has 1 aromatic heterocycles. The molecule has 1 N–H and O–H groups in total. The number of carbonyl (C=O) groups excluding carboxylic acids is 1. The summed E-state index contributed by atoms with van der Waals surface area (Å²) in [6.07, 6.45) is 1.53. The number of aryl methyl sites for hydroxylation is 1. The predicted molar refractivity (Wildman–Crippen MR) is 112 cm³/mol. The number of benzene rings is 2. The van der Waals surface area contributed by atoms with Crippen molar-refractivity contribution in [3.8, 4) is 11.5 Å². The number of ether oxygens (including phenoxy) is 2. The van der Waals surface area contributed by atoms with Crippen LogP contribution >= 0.6 is 11.8 Å². The van der Waals surface area contributed by atoms with Gasteiger partial charge in [-0.05, 0) is 36.8 Å². The van der Waals surface area contributed by atoms with Gasteiger partial charge in [-0.3, -0.25) is 4.79 Å². The average Bonchev–Trinajstić information content (AvgIpc) is 2.72. The standard InChI is InChI=1S/C21H21N3O3S/c1-14-11-20(23-17-9-5-4-8-16(14)17)28-13-19(25)24-22-12-15-7-6-10-18(26-2)21(15)27-3/h4-12H,13H2,1-3H3,(H,24,25). The fraction of sp³-hybridized carbons (Fsp3) is 0.190. The van der Waals surface area contributed by atoms with Crippen molar-refractivity contribution in [3.63, 3.8) is 0 Å². The Balaban J connectivity index is 1.60. The van der Waals surface area contributed by atoms with Crippen molar-refractivity contribution in [2.24, 2.45) is 5.10 Å². The van der Waals surface area contributed by atoms with Gasteiger partial charge >= 0.3 is 0 Å². The number of rotatable bonds is 7. The van der Waals surface area contributed by atoms with E-state index in [0.29, 0.717) is 17.1 Å². The molecule has 6 nitrogen and oxygen atoms in total. The number of nitrogens with zero attached hydrogens (tertiary/aromatic N) is 2. The van der Waals surface area contributed by atoms with E-state index in [1.807, 2.05) is 49.4 Å². The molecule has 1 heterocycles. The highest BCUT2D eigenvalue weighted by Crippen LogP contribution is 2.29. The van der Waals surface area contributed by atoms with Gasteiger partial charge in [0.15, 0.2) is 11.5 Å². The summed E-state index contributed by atoms with van der Waals surface area (Å²) < 4.78 is 10.6. The zero-order valence-electron chi connectivity index (χ0n) is 15.9. The first kappa shape index (κ1) is 19.7. The monoisotopic (exact) mass is 395 g/mol. The molecule has 7 heteroatoms. The second-order valence-electron chi connectivity index (χ2n) is 5.96. The molecule has 3 rings (SSSR count). The van der Waals surface area contributed by atoms with Gasteiger partial charge in [-0.25, -0.2) is 10.4 Å². The van der Waals surface area contributed by atoms with Crippen LogP contribution in [0.25, 0.3) is 10.9 Å². The van der Waals surface area contributed by atoms with Crippen LogP contribution in [0.2, 0.25) is 0 Å². The maximum absolute atomic E-state index is 12.1. The van der Waals surface area contributed by atoms with E-state index in [4.69, 9.17) is 9.47 Å². The molecular formula is C21H21N3O3S. The maximum Gasteiger partial charge on any atom is 0.250 e. The van der Waals surface area contributed by atoms with Gasteiger partial charge in [0, 0.05) is 10.9 Å². The Morgan fingerprint density at radius 1 is 1.18 bits per heavy atom. The highest BCUT2D eigenvalue weighted by Gasteiger charge is 2.08. The van der Waals surface area contributed by atoms with Crippen LogP contribution in [0.1, 0.15) is 11.1 Å². The van der Waals surface area contributed by atoms with Crippen LogP contribution in [-0.2, 0) is 4.79 Å². The molecule has 0 fully saturated rings. The van der Waals surface area contributed by atoms with Crippen molar-refractivity contribution < 1.29 is 14.3 Å². The van der Waals surface area contributed by atoms with Crippen molar-refractivity contribution in [2.75, 3.05) is 20.0 Å². The summed E-state index contributed by atoms with van der Waals surface area (Å²) in [5, 5.41) is 5.94. The summed E-state index contributed by atoms with van der Waals surface area (Å²) in [6.45, 7) is 2.04. The molecule has 0 bridgehead atoms. The normalized spacial score (nSPS) is 11.0. The lowest BCUT2D eigenvalue weighted by atomic mass is 10.1. The topological polar surface area (TPSA) is 72.8 Å². The first-order chi connectivity index (χ1) is 13.6. The number of hydrazone groups is 1. The number of aromatic nitrogens is 1. The minimum atomic E-state index is -0.212. The first-order valence-corrected chi connectivity index (χ1v) is 9.63. The van der Waals surface area contributed by atoms with E-state index in [0.717, 1.165) is 21.5 Å². The molecule has 0 aliphatic rings. The quantitative estimate of drug-likeness (QED) is 0.374. The molecule has 0 saturated heterocycles. The van der Waals surface area contributed by atoms with Crippen molar-refractivity contribution in [3.05, 3.63) is 59.7 Å². The lowest BCUT2D eigenvalue weighted by Gasteiger charge is -2.09. The van der Waals surface area contributed by atoms with Crippen LogP contribution in [-0.4, -0.2) is 37.1 Å². The summed E-state index contributed by atoms with van der Waals surface area (Å²) in [7, 11) is 3.13. The fourth-order valence-corrected chi connectivity index (χ4v) is 3.52. The Hall–Kier alpha value is -3.06. The Bertz CT molecular complexity index is 1020. The Morgan fingerprint density at radius 2 is 2.00 bits per heavy atom. The summed E-state index contributed by atoms with van der Waals surface area (Å²) in [5.74, 6) is 1.17. The molecule has 0 atom stereocenters. The third-order valence-electron chi connectivity index (χ3n) is 4.08. The molecule has 144 valence electrons. The van der Waals surface area contributed by atoms with Gasteiger partial charge in [-0.1, -0.05) is 36.0 Å². The van der Waals surface area contributed by atoms with Gasteiger partial charge in [0.05, 0.1) is 36.7 Å². The first-order valence-electron chi connectivity index (χ1n) is 8.64. The summed E-state index contributed by atoms with van der Waals surface area (Å²) in [5.41, 5.74) is 5.30. The van der Waals surface area contributed by atoms with Gasteiger partial charge in [-0.15, -0.1) is 0 Å². The number of carbonyl (C=O) groups is 1. The van der Waals surface area contributed by atoms with Gasteiger partial charge in [0.2, 0.25) is 5.91 Å². The number of amides is 1. The van der Waals surface area contributed by atoms with Gasteiger partial charge in [0.1, 0.15) is 0 Å². The number of hydrogen-bond acceptors (Lipinski definition) is 6. The van der Waals surface area contributed by atoms with Crippen LogP contribution in [0.3, 0.4) is 0 Å². The van der Waals surface area contributed by atoms with Crippen LogP contribution in [0, 0.1) is 6.92 Å². The lowest BCUT2D eigenvalue weighted by molar-refractivity contribution is -0.118. The molecule has 0 saturated carbocycles. The number of fused-ring (bicyclic) bond motifs is 1. The van der Waals surface area contributed by atoms with E-state index in [-0.39, 0.29) is 11.7 Å². The molecular weight excluding hydrogens is 374 g/mol. The zero-order valence-corrected chi connectivity index (χ0v) is 16.7. The third-order valence-corrected chi connectivity index (χ3v) is 4.99. The molecule has 0 spiro atoms. The fourth-order valence-electron chi connectivity index (χ4n) is 2.75. The Labute approximate surface area is 168 Å². The predicted octanol–water partition coefficient (Wildman–Crippen LogP) is 3.80. The Kier molecular flexibility index (Phi) is 6.49. The second kappa shape index (κ2) is 9.23. The van der Waals surface area contributed by atoms with E-state index in [1.165, 1.54) is 18.0 Å². The number of para-hydroxylation sites is 2. The van der Waals surface area contributed by atoms with Crippen LogP contribution < -0.4 is 14.9 Å². The SMILES string of the molecule is COc1cccc(C=NNC(=O)CSc2cc(C)c3ccccc3n2)c1OC. The van der Waals surface area contributed by atoms with Gasteiger partial charge < -0.3 is 9.47 Å². The minimum absolute atomic E-state index is 0.212. The van der Waals surface area contributed by atoms with Crippen molar-refractivity contribution in [1.82, 2.24) is 10.4 Å². The molecule has 0 aliphatic carbocycles. The van der Waals surface area contributed by atoms with Crippen molar-refractivity contribution in [2.45, 2.75) is 11.9 Å². The van der Waals surface area contributed by atoms with E-state index >= 15 is 0 Å². The third kappa shape index (κ3) is 4.61. The number of thioether (sulfide) groups is 1. The number of nitrogens with one attached hydrogen (secondary N) is 1. The van der Waals surface area contributed by atoms with E-state index < -0.39 is 0 Å². The summed E-state index contributed by atoms with van der Waals surface area (Å²) in [6, 6.07) is 15.4. The van der Waals surface area contributed by atoms with Crippen LogP contribution in [0.15, 0.2) is 58.7 Å². The van der Waals surface area contributed by atoms with Gasteiger partial charge in [-0.2, -0.15) is 5.10 Å². The van der Waals surface area contributed by atoms with Crippen LogP contribution in [0.5, 0.6) is 11.5 Å². The molecule has 28 heavy (non-hydrogen) atoms. The highest BCUT2D eigenvalue weighted by molar-refractivity contribution is 7.99. The largest absolute Gasteiger partial charge is 0.493 e. The summed E-state index contributed by atoms with van der Waals surface area (Å²) in [4.78, 5) is 16.7. The number of methoxy groups -OCH3 is 2. The molecule has 3 aromatic rings. The van der Waals surface area contributed by atoms with Crippen molar-refractivity contribution >= 4 is 34.8 Å². The minimum Gasteiger partial charge on any atom is -0.493 e. The van der Waals surface area contributed by atoms with Crippen molar-refractivity contribution in [1.29, 1.82) is 0 Å². The molecule has 0 aliphatic heterocycles. The highest BCUT2D eigenvalue weighted by atomic mass is 32.2. The lowest BCUT2D eigenvalue weighted by Crippen LogP contribution is -2.19. The summed E-state index contributed by atoms with van der Waals surface area (Å²) >= 11 is 1.38. The molecule has 1 amide bonds. The van der Waals surface area contributed by atoms with E-state index in [2.05, 4.69) is 15.5 Å².